The molecule has 9 rings (SSSR count). The van der Waals surface area contributed by atoms with Gasteiger partial charge < -0.3 is 4.90 Å². The van der Waals surface area contributed by atoms with Crippen molar-refractivity contribution in [3.05, 3.63) is 179 Å². The summed E-state index contributed by atoms with van der Waals surface area (Å²) in [6, 6.07) is 26.2. The maximum absolute atomic E-state index is 5.61. The first-order valence-corrected chi connectivity index (χ1v) is 17.3. The molecular weight excluding hydrogens is 583 g/mol. The van der Waals surface area contributed by atoms with Gasteiger partial charge in [0.1, 0.15) is 6.17 Å². The number of benzene rings is 3. The van der Waals surface area contributed by atoms with Crippen LogP contribution in [0, 0.1) is 23.2 Å². The molecule has 0 fully saturated rings. The Hall–Kier alpha value is -5.28. The Bertz CT molecular complexity index is 2170. The largest absolute Gasteiger partial charge is 0.349 e. The molecule has 0 spiro atoms. The summed E-state index contributed by atoms with van der Waals surface area (Å²) in [5.41, 5.74) is 10.8. The van der Waals surface area contributed by atoms with Crippen LogP contribution in [-0.4, -0.2) is 22.6 Å². The van der Waals surface area contributed by atoms with Crippen molar-refractivity contribution in [2.24, 2.45) is 28.2 Å². The van der Waals surface area contributed by atoms with Gasteiger partial charge in [-0.25, -0.2) is 0 Å². The fraction of sp³-hybridized carbons (Fsp3) is 0.200. The molecule has 1 aromatic heterocycles. The zero-order chi connectivity index (χ0) is 32.2. The fourth-order valence-corrected chi connectivity index (χ4v) is 8.65. The first kappa shape index (κ1) is 28.9. The standard InChI is InChI=1S/C45H39N3/c1-45-25-11-9-19-39(45)35-16-6-4-14-33(35)28-40(45)43-29-42(38-27-32-13-3-5-15-34(32)36-17-7-8-18-37(36)38)47-44(48(43)2)31-23-21-30(22-24-31)41-20-10-12-26-46-41/h4-12,14-29,33,35,39,44H,3,13H2,1-2H3. The molecule has 3 aromatic carbocycles. The van der Waals surface area contributed by atoms with Gasteiger partial charge in [-0.15, -0.1) is 0 Å². The van der Waals surface area contributed by atoms with E-state index in [1.807, 2.05) is 18.3 Å². The predicted octanol–water partition coefficient (Wildman–Crippen LogP) is 10.2. The van der Waals surface area contributed by atoms with Crippen LogP contribution in [0.5, 0.6) is 0 Å². The molecule has 4 aromatic rings. The highest BCUT2D eigenvalue weighted by molar-refractivity contribution is 6.18. The van der Waals surface area contributed by atoms with E-state index in [4.69, 9.17) is 4.99 Å². The topological polar surface area (TPSA) is 28.5 Å². The van der Waals surface area contributed by atoms with Crippen LogP contribution in [0.3, 0.4) is 0 Å². The van der Waals surface area contributed by atoms with Gasteiger partial charge in [-0.1, -0.05) is 128 Å². The van der Waals surface area contributed by atoms with Crippen molar-refractivity contribution >= 4 is 22.6 Å². The van der Waals surface area contributed by atoms with Crippen LogP contribution in [0.15, 0.2) is 162 Å². The number of aliphatic imine (C=N–C) groups is 1. The maximum atomic E-state index is 5.61. The van der Waals surface area contributed by atoms with Crippen molar-refractivity contribution in [1.29, 1.82) is 0 Å². The van der Waals surface area contributed by atoms with E-state index >= 15 is 0 Å². The molecule has 5 aliphatic rings. The number of aromatic nitrogens is 1. The number of likely N-dealkylation sites (N-methyl/N-ethyl adjacent to an activating group) is 1. The Morgan fingerprint density at radius 1 is 0.854 bits per heavy atom. The summed E-state index contributed by atoms with van der Waals surface area (Å²) >= 11 is 0. The molecule has 0 amide bonds. The summed E-state index contributed by atoms with van der Waals surface area (Å²) in [5, 5.41) is 2.56. The monoisotopic (exact) mass is 621 g/mol. The van der Waals surface area contributed by atoms with Crippen LogP contribution >= 0.6 is 0 Å². The van der Waals surface area contributed by atoms with Gasteiger partial charge in [0.15, 0.2) is 0 Å². The van der Waals surface area contributed by atoms with E-state index < -0.39 is 0 Å². The Morgan fingerprint density at radius 2 is 1.67 bits per heavy atom. The van der Waals surface area contributed by atoms with Gasteiger partial charge in [-0.2, -0.15) is 0 Å². The van der Waals surface area contributed by atoms with E-state index in [0.29, 0.717) is 17.8 Å². The molecule has 5 unspecified atom stereocenters. The molecule has 0 saturated carbocycles. The Labute approximate surface area is 283 Å². The Balaban J connectivity index is 1.24. The molecule has 3 heteroatoms. The van der Waals surface area contributed by atoms with Gasteiger partial charge in [0.2, 0.25) is 0 Å². The molecule has 48 heavy (non-hydrogen) atoms. The van der Waals surface area contributed by atoms with Gasteiger partial charge in [0, 0.05) is 41.4 Å². The van der Waals surface area contributed by atoms with Crippen molar-refractivity contribution in [2.45, 2.75) is 25.9 Å². The number of rotatable bonds is 4. The lowest BCUT2D eigenvalue weighted by Crippen LogP contribution is -2.43. The van der Waals surface area contributed by atoms with Crippen LogP contribution < -0.4 is 0 Å². The summed E-state index contributed by atoms with van der Waals surface area (Å²) < 4.78 is 0. The Morgan fingerprint density at radius 3 is 2.52 bits per heavy atom. The second kappa shape index (κ2) is 11.5. The Kier molecular flexibility index (Phi) is 6.90. The lowest BCUT2D eigenvalue weighted by molar-refractivity contribution is 0.225. The van der Waals surface area contributed by atoms with E-state index in [1.54, 1.807) is 0 Å². The van der Waals surface area contributed by atoms with E-state index in [9.17, 15) is 0 Å². The minimum absolute atomic E-state index is 0.149. The number of allylic oxidation sites excluding steroid dienone is 12. The van der Waals surface area contributed by atoms with E-state index in [-0.39, 0.29) is 11.6 Å². The number of nitrogens with zero attached hydrogens (tertiary/aromatic N) is 3. The van der Waals surface area contributed by atoms with Crippen LogP contribution in [-0.2, 0) is 6.42 Å². The molecule has 0 bridgehead atoms. The second-order valence-electron chi connectivity index (χ2n) is 13.9. The van der Waals surface area contributed by atoms with Crippen molar-refractivity contribution < 1.29 is 0 Å². The highest BCUT2D eigenvalue weighted by atomic mass is 15.2. The average molecular weight is 622 g/mol. The first-order chi connectivity index (χ1) is 23.6. The van der Waals surface area contributed by atoms with Crippen LogP contribution in [0.1, 0.15) is 41.8 Å². The lowest BCUT2D eigenvalue weighted by Gasteiger charge is -2.50. The van der Waals surface area contributed by atoms with Crippen molar-refractivity contribution in [3.8, 4) is 11.3 Å². The zero-order valence-electron chi connectivity index (χ0n) is 27.5. The minimum atomic E-state index is -0.182. The molecule has 0 N–H and O–H groups in total. The summed E-state index contributed by atoms with van der Waals surface area (Å²) in [4.78, 5) is 12.6. The lowest BCUT2D eigenvalue weighted by atomic mass is 9.56. The number of pyridine rings is 1. The van der Waals surface area contributed by atoms with Crippen LogP contribution in [0.25, 0.3) is 28.1 Å². The normalized spacial score (nSPS) is 26.8. The second-order valence-corrected chi connectivity index (χ2v) is 13.9. The molecule has 4 aliphatic carbocycles. The molecule has 1 aliphatic heterocycles. The summed E-state index contributed by atoms with van der Waals surface area (Å²) in [6.45, 7) is 2.43. The van der Waals surface area contributed by atoms with Gasteiger partial charge >= 0.3 is 0 Å². The zero-order valence-corrected chi connectivity index (χ0v) is 27.5. The number of hydrogen-bond donors (Lipinski definition) is 0. The van der Waals surface area contributed by atoms with Crippen molar-refractivity contribution in [1.82, 2.24) is 9.88 Å². The summed E-state index contributed by atoms with van der Waals surface area (Å²) in [6.07, 6.45) is 31.9. The van der Waals surface area contributed by atoms with Gasteiger partial charge in [0.05, 0.1) is 11.4 Å². The molecule has 5 atom stereocenters. The third-order valence-electron chi connectivity index (χ3n) is 11.2. The third kappa shape index (κ3) is 4.64. The molecule has 0 radical (unpaired) electrons. The number of hydrogen-bond acceptors (Lipinski definition) is 3. The molecule has 3 nitrogen and oxygen atoms in total. The van der Waals surface area contributed by atoms with Crippen LogP contribution in [0.4, 0.5) is 0 Å². The predicted molar refractivity (Wildman–Crippen MR) is 199 cm³/mol. The molecule has 234 valence electrons. The summed E-state index contributed by atoms with van der Waals surface area (Å²) in [5.74, 6) is 1.17. The van der Waals surface area contributed by atoms with Gasteiger partial charge in [-0.3, -0.25) is 9.98 Å². The molecule has 0 saturated heterocycles. The van der Waals surface area contributed by atoms with Crippen LogP contribution in [0.2, 0.25) is 0 Å². The highest BCUT2D eigenvalue weighted by Gasteiger charge is 2.47. The van der Waals surface area contributed by atoms with E-state index in [1.165, 1.54) is 44.3 Å². The summed E-state index contributed by atoms with van der Waals surface area (Å²) in [7, 11) is 2.23. The first-order valence-electron chi connectivity index (χ1n) is 17.3. The molecule has 2 heterocycles. The highest BCUT2D eigenvalue weighted by Crippen LogP contribution is 2.55. The third-order valence-corrected chi connectivity index (χ3v) is 11.2. The van der Waals surface area contributed by atoms with Crippen molar-refractivity contribution in [2.75, 3.05) is 7.05 Å². The van der Waals surface area contributed by atoms with E-state index in [2.05, 4.69) is 157 Å². The minimum Gasteiger partial charge on any atom is -0.349 e. The maximum Gasteiger partial charge on any atom is 0.147 e. The van der Waals surface area contributed by atoms with Gasteiger partial charge in [0.25, 0.3) is 0 Å². The molecular formula is C45H39N3. The van der Waals surface area contributed by atoms with E-state index in [0.717, 1.165) is 29.8 Å². The number of aryl methyl sites for hydroxylation is 1. The van der Waals surface area contributed by atoms with Crippen molar-refractivity contribution in [3.63, 3.8) is 0 Å². The fourth-order valence-electron chi connectivity index (χ4n) is 8.65. The van der Waals surface area contributed by atoms with Gasteiger partial charge in [-0.05, 0) is 82.0 Å². The quantitative estimate of drug-likeness (QED) is 0.227. The number of fused-ring (bicyclic) bond motifs is 6. The SMILES string of the molecule is CN1C(C2=CC3C=CC=CC3C3C=CC=CC23C)=CC(c2cc3c(c4ccccc24)C=CCC3)=NC1c1ccc(-c2ccccn2)cc1. The smallest absolute Gasteiger partial charge is 0.147 e. The average Bonchev–Trinajstić information content (AvgIpc) is 3.15.